The molecule has 1 fully saturated rings. The van der Waals surface area contributed by atoms with Gasteiger partial charge in [-0.2, -0.15) is 0 Å². The SMILES string of the molecule is CC(NC1CCCC1O)c1ccc(Br)s1. The van der Waals surface area contributed by atoms with Crippen LogP contribution in [0.4, 0.5) is 0 Å². The monoisotopic (exact) mass is 289 g/mol. The Balaban J connectivity index is 1.94. The maximum Gasteiger partial charge on any atom is 0.0701 e. The van der Waals surface area contributed by atoms with Gasteiger partial charge in [0.1, 0.15) is 0 Å². The summed E-state index contributed by atoms with van der Waals surface area (Å²) in [6.07, 6.45) is 3.02. The molecule has 0 spiro atoms. The van der Waals surface area contributed by atoms with Crippen molar-refractivity contribution in [3.05, 3.63) is 20.8 Å². The van der Waals surface area contributed by atoms with Crippen molar-refractivity contribution in [1.29, 1.82) is 0 Å². The van der Waals surface area contributed by atoms with Crippen molar-refractivity contribution in [2.45, 2.75) is 44.4 Å². The molecule has 3 atom stereocenters. The van der Waals surface area contributed by atoms with Crippen LogP contribution in [0.1, 0.15) is 37.1 Å². The first-order chi connectivity index (χ1) is 7.16. The van der Waals surface area contributed by atoms with Crippen molar-refractivity contribution >= 4 is 27.3 Å². The number of halogens is 1. The summed E-state index contributed by atoms with van der Waals surface area (Å²) in [5.74, 6) is 0. The van der Waals surface area contributed by atoms with E-state index in [0.717, 1.165) is 23.0 Å². The zero-order chi connectivity index (χ0) is 10.8. The first-order valence-electron chi connectivity index (χ1n) is 5.36. The molecule has 0 saturated heterocycles. The van der Waals surface area contributed by atoms with Crippen LogP contribution in [0, 0.1) is 0 Å². The zero-order valence-electron chi connectivity index (χ0n) is 8.74. The van der Waals surface area contributed by atoms with Crippen molar-refractivity contribution in [1.82, 2.24) is 5.32 Å². The maximum absolute atomic E-state index is 9.72. The van der Waals surface area contributed by atoms with Crippen molar-refractivity contribution in [2.75, 3.05) is 0 Å². The number of thiophene rings is 1. The molecule has 15 heavy (non-hydrogen) atoms. The topological polar surface area (TPSA) is 32.3 Å². The molecule has 1 heterocycles. The Bertz CT molecular complexity index is 328. The average molecular weight is 290 g/mol. The molecular weight excluding hydrogens is 274 g/mol. The zero-order valence-corrected chi connectivity index (χ0v) is 11.1. The Morgan fingerprint density at radius 2 is 2.33 bits per heavy atom. The van der Waals surface area contributed by atoms with E-state index in [4.69, 9.17) is 0 Å². The lowest BCUT2D eigenvalue weighted by Crippen LogP contribution is -2.36. The first kappa shape index (κ1) is 11.6. The van der Waals surface area contributed by atoms with Gasteiger partial charge in [-0.1, -0.05) is 0 Å². The second-order valence-corrected chi connectivity index (χ2v) is 6.63. The van der Waals surface area contributed by atoms with Gasteiger partial charge in [-0.3, -0.25) is 0 Å². The summed E-state index contributed by atoms with van der Waals surface area (Å²) in [5, 5.41) is 13.2. The molecule has 84 valence electrons. The second kappa shape index (κ2) is 4.95. The second-order valence-electron chi connectivity index (χ2n) is 4.13. The predicted octanol–water partition coefficient (Wildman–Crippen LogP) is 3.07. The number of aliphatic hydroxyl groups is 1. The Hall–Kier alpha value is 0.1000. The smallest absolute Gasteiger partial charge is 0.0701 e. The highest BCUT2D eigenvalue weighted by Crippen LogP contribution is 2.29. The molecule has 0 amide bonds. The predicted molar refractivity (Wildman–Crippen MR) is 67.2 cm³/mol. The molecule has 2 nitrogen and oxygen atoms in total. The van der Waals surface area contributed by atoms with E-state index in [1.807, 2.05) is 0 Å². The van der Waals surface area contributed by atoms with Gasteiger partial charge < -0.3 is 10.4 Å². The van der Waals surface area contributed by atoms with E-state index in [1.54, 1.807) is 11.3 Å². The van der Waals surface area contributed by atoms with Crippen LogP contribution in [0.15, 0.2) is 15.9 Å². The third kappa shape index (κ3) is 2.81. The number of hydrogen-bond donors (Lipinski definition) is 2. The highest BCUT2D eigenvalue weighted by Gasteiger charge is 2.26. The molecule has 1 aliphatic carbocycles. The van der Waals surface area contributed by atoms with E-state index in [2.05, 4.69) is 40.3 Å². The van der Waals surface area contributed by atoms with Crippen LogP contribution >= 0.6 is 27.3 Å². The van der Waals surface area contributed by atoms with Crippen molar-refractivity contribution in [3.63, 3.8) is 0 Å². The summed E-state index contributed by atoms with van der Waals surface area (Å²) in [5.41, 5.74) is 0. The summed E-state index contributed by atoms with van der Waals surface area (Å²) in [6.45, 7) is 2.16. The van der Waals surface area contributed by atoms with Crippen LogP contribution < -0.4 is 5.32 Å². The largest absolute Gasteiger partial charge is 0.392 e. The van der Waals surface area contributed by atoms with Crippen LogP contribution in [-0.4, -0.2) is 17.3 Å². The molecule has 1 aromatic heterocycles. The lowest BCUT2D eigenvalue weighted by molar-refractivity contribution is 0.144. The highest BCUT2D eigenvalue weighted by molar-refractivity contribution is 9.11. The molecular formula is C11H16BrNOS. The van der Waals surface area contributed by atoms with Crippen molar-refractivity contribution < 1.29 is 5.11 Å². The number of nitrogens with one attached hydrogen (secondary N) is 1. The van der Waals surface area contributed by atoms with Gasteiger partial charge in [-0.05, 0) is 54.2 Å². The third-order valence-corrected chi connectivity index (χ3v) is 4.77. The summed E-state index contributed by atoms with van der Waals surface area (Å²) < 4.78 is 1.16. The van der Waals surface area contributed by atoms with Gasteiger partial charge in [0.25, 0.3) is 0 Å². The average Bonchev–Trinajstić information content (AvgIpc) is 2.77. The molecule has 2 N–H and O–H groups in total. The van der Waals surface area contributed by atoms with Crippen LogP contribution in [0.2, 0.25) is 0 Å². The molecule has 0 aliphatic heterocycles. The Morgan fingerprint density at radius 3 is 2.87 bits per heavy atom. The summed E-state index contributed by atoms with van der Waals surface area (Å²) >= 11 is 5.22. The fraction of sp³-hybridized carbons (Fsp3) is 0.636. The van der Waals surface area contributed by atoms with Gasteiger partial charge in [-0.25, -0.2) is 0 Å². The standard InChI is InChI=1S/C11H16BrNOS/c1-7(10-5-6-11(12)15-10)13-8-3-2-4-9(8)14/h5-9,13-14H,2-4H2,1H3. The Kier molecular flexibility index (Phi) is 3.83. The van der Waals surface area contributed by atoms with E-state index in [0.29, 0.717) is 6.04 Å². The molecule has 0 radical (unpaired) electrons. The fourth-order valence-electron chi connectivity index (χ4n) is 2.10. The molecule has 3 unspecified atom stereocenters. The van der Waals surface area contributed by atoms with Crippen molar-refractivity contribution in [3.8, 4) is 0 Å². The number of rotatable bonds is 3. The van der Waals surface area contributed by atoms with Gasteiger partial charge in [0, 0.05) is 17.0 Å². The minimum atomic E-state index is -0.157. The molecule has 0 aromatic carbocycles. The third-order valence-electron chi connectivity index (χ3n) is 2.96. The van der Waals surface area contributed by atoms with E-state index < -0.39 is 0 Å². The molecule has 1 aliphatic rings. The van der Waals surface area contributed by atoms with Gasteiger partial charge in [-0.15, -0.1) is 11.3 Å². The lowest BCUT2D eigenvalue weighted by Gasteiger charge is -2.21. The minimum Gasteiger partial charge on any atom is -0.392 e. The maximum atomic E-state index is 9.72. The molecule has 4 heteroatoms. The van der Waals surface area contributed by atoms with E-state index >= 15 is 0 Å². The number of aliphatic hydroxyl groups excluding tert-OH is 1. The Morgan fingerprint density at radius 1 is 1.53 bits per heavy atom. The van der Waals surface area contributed by atoms with Crippen LogP contribution in [-0.2, 0) is 0 Å². The van der Waals surface area contributed by atoms with Crippen LogP contribution in [0.25, 0.3) is 0 Å². The molecule has 0 bridgehead atoms. The van der Waals surface area contributed by atoms with Gasteiger partial charge in [0.2, 0.25) is 0 Å². The van der Waals surface area contributed by atoms with Gasteiger partial charge >= 0.3 is 0 Å². The molecule has 1 aromatic rings. The quantitative estimate of drug-likeness (QED) is 0.896. The highest BCUT2D eigenvalue weighted by atomic mass is 79.9. The summed E-state index contributed by atoms with van der Waals surface area (Å²) in [4.78, 5) is 1.32. The van der Waals surface area contributed by atoms with Gasteiger partial charge in [0.15, 0.2) is 0 Å². The minimum absolute atomic E-state index is 0.157. The molecule has 1 saturated carbocycles. The Labute approximate surface area is 103 Å². The summed E-state index contributed by atoms with van der Waals surface area (Å²) in [6, 6.07) is 4.82. The van der Waals surface area contributed by atoms with Crippen molar-refractivity contribution in [2.24, 2.45) is 0 Å². The van der Waals surface area contributed by atoms with E-state index in [-0.39, 0.29) is 12.1 Å². The fourth-order valence-corrected chi connectivity index (χ4v) is 3.53. The van der Waals surface area contributed by atoms with E-state index in [9.17, 15) is 5.11 Å². The van der Waals surface area contributed by atoms with Crippen LogP contribution in [0.3, 0.4) is 0 Å². The van der Waals surface area contributed by atoms with Gasteiger partial charge in [0.05, 0.1) is 9.89 Å². The normalized spacial score (nSPS) is 28.2. The molecule has 2 rings (SSSR count). The lowest BCUT2D eigenvalue weighted by atomic mass is 10.1. The summed E-state index contributed by atoms with van der Waals surface area (Å²) in [7, 11) is 0. The van der Waals surface area contributed by atoms with Crippen LogP contribution in [0.5, 0.6) is 0 Å². The van der Waals surface area contributed by atoms with E-state index in [1.165, 1.54) is 4.88 Å². The first-order valence-corrected chi connectivity index (χ1v) is 6.97. The number of hydrogen-bond acceptors (Lipinski definition) is 3.